The van der Waals surface area contributed by atoms with Gasteiger partial charge in [0, 0.05) is 5.41 Å². The van der Waals surface area contributed by atoms with Crippen LogP contribution in [0.4, 0.5) is 0 Å². The summed E-state index contributed by atoms with van der Waals surface area (Å²) in [7, 11) is -3.29. The van der Waals surface area contributed by atoms with Crippen molar-refractivity contribution in [3.63, 3.8) is 0 Å². The van der Waals surface area contributed by atoms with E-state index < -0.39 is 10.1 Å². The maximum atomic E-state index is 12.0. The molecule has 0 aromatic heterocycles. The second-order valence-electron chi connectivity index (χ2n) is 6.81. The summed E-state index contributed by atoms with van der Waals surface area (Å²) in [4.78, 5) is 0. The summed E-state index contributed by atoms with van der Waals surface area (Å²) in [5.41, 5.74) is 0.0460. The Hall–Kier alpha value is -0.0900. The predicted molar refractivity (Wildman–Crippen MR) is 61.4 cm³/mol. The predicted octanol–water partition coefficient (Wildman–Crippen LogP) is 2.18. The SMILES string of the molecule is CC(C)C1C2OS(=O)(=O)C3CC1(C)CC23C. The lowest BCUT2D eigenvalue weighted by atomic mass is 9.68. The third kappa shape index (κ3) is 1.01. The van der Waals surface area contributed by atoms with E-state index in [-0.39, 0.29) is 22.2 Å². The number of hydrogen-bond donors (Lipinski definition) is 0. The second kappa shape index (κ2) is 2.66. The fraction of sp³-hybridized carbons (Fsp3) is 1.00. The quantitative estimate of drug-likeness (QED) is 0.664. The molecule has 92 valence electrons. The maximum absolute atomic E-state index is 12.0. The molecule has 3 nitrogen and oxygen atoms in total. The zero-order valence-corrected chi connectivity index (χ0v) is 11.2. The summed E-state index contributed by atoms with van der Waals surface area (Å²) in [6.07, 6.45) is 1.74. The minimum Gasteiger partial charge on any atom is -0.266 e. The van der Waals surface area contributed by atoms with Crippen LogP contribution in [-0.2, 0) is 14.3 Å². The minimum absolute atomic E-state index is 0.0683. The standard InChI is InChI=1S/C12H20O3S/c1-7(2)9-10-12(4)6-11(9,3)5-8(12)16(13,14)15-10/h7-10H,5-6H2,1-4H3. The molecular formula is C12H20O3S. The average Bonchev–Trinajstić information content (AvgIpc) is 2.50. The van der Waals surface area contributed by atoms with Crippen molar-refractivity contribution in [2.45, 2.75) is 51.9 Å². The van der Waals surface area contributed by atoms with Gasteiger partial charge in [0.2, 0.25) is 0 Å². The van der Waals surface area contributed by atoms with Crippen molar-refractivity contribution < 1.29 is 12.6 Å². The Bertz CT molecular complexity index is 441. The lowest BCUT2D eigenvalue weighted by molar-refractivity contribution is 0.0327. The molecule has 1 saturated heterocycles. The first-order valence-corrected chi connectivity index (χ1v) is 7.60. The van der Waals surface area contributed by atoms with Gasteiger partial charge in [0.25, 0.3) is 10.1 Å². The topological polar surface area (TPSA) is 43.4 Å². The second-order valence-corrected chi connectivity index (χ2v) is 8.56. The molecule has 0 amide bonds. The van der Waals surface area contributed by atoms with Crippen molar-refractivity contribution in [3.8, 4) is 0 Å². The van der Waals surface area contributed by atoms with E-state index in [1.807, 2.05) is 0 Å². The third-order valence-corrected chi connectivity index (χ3v) is 7.13. The summed E-state index contributed by atoms with van der Waals surface area (Å²) < 4.78 is 29.4. The zero-order chi connectivity index (χ0) is 11.9. The first-order valence-electron chi connectivity index (χ1n) is 6.13. The number of fused-ring (bicyclic) bond motifs is 1. The molecule has 3 aliphatic rings. The largest absolute Gasteiger partial charge is 0.271 e. The molecule has 2 saturated carbocycles. The average molecular weight is 244 g/mol. The highest BCUT2D eigenvalue weighted by Crippen LogP contribution is 2.71. The first kappa shape index (κ1) is 11.0. The van der Waals surface area contributed by atoms with E-state index in [1.165, 1.54) is 0 Å². The molecule has 5 unspecified atom stereocenters. The molecule has 5 atom stereocenters. The van der Waals surface area contributed by atoms with Gasteiger partial charge in [0.15, 0.2) is 0 Å². The van der Waals surface area contributed by atoms with E-state index in [1.54, 1.807) is 0 Å². The fourth-order valence-corrected chi connectivity index (χ4v) is 7.22. The molecular weight excluding hydrogens is 224 g/mol. The van der Waals surface area contributed by atoms with Gasteiger partial charge >= 0.3 is 0 Å². The molecule has 0 aromatic rings. The van der Waals surface area contributed by atoms with Crippen LogP contribution in [0, 0.1) is 22.7 Å². The van der Waals surface area contributed by atoms with Crippen molar-refractivity contribution in [2.75, 3.05) is 0 Å². The summed E-state index contributed by atoms with van der Waals surface area (Å²) in [6.45, 7) is 8.73. The molecule has 2 bridgehead atoms. The lowest BCUT2D eigenvalue weighted by Crippen LogP contribution is -2.41. The van der Waals surface area contributed by atoms with Crippen LogP contribution >= 0.6 is 0 Å². The highest BCUT2D eigenvalue weighted by Gasteiger charge is 2.74. The smallest absolute Gasteiger partial charge is 0.266 e. The van der Waals surface area contributed by atoms with Gasteiger partial charge in [-0.3, -0.25) is 4.18 Å². The maximum Gasteiger partial charge on any atom is 0.271 e. The number of rotatable bonds is 1. The Morgan fingerprint density at radius 2 is 1.94 bits per heavy atom. The molecule has 0 N–H and O–H groups in total. The van der Waals surface area contributed by atoms with Gasteiger partial charge in [-0.2, -0.15) is 8.42 Å². The van der Waals surface area contributed by atoms with Gasteiger partial charge < -0.3 is 0 Å². The molecule has 1 heterocycles. The molecule has 4 heteroatoms. The Morgan fingerprint density at radius 1 is 1.31 bits per heavy atom. The van der Waals surface area contributed by atoms with E-state index in [0.717, 1.165) is 12.8 Å². The van der Waals surface area contributed by atoms with Gasteiger partial charge in [-0.15, -0.1) is 0 Å². The monoisotopic (exact) mass is 244 g/mol. The van der Waals surface area contributed by atoms with Crippen molar-refractivity contribution >= 4 is 10.1 Å². The van der Waals surface area contributed by atoms with Crippen LogP contribution in [0.2, 0.25) is 0 Å². The van der Waals surface area contributed by atoms with E-state index in [2.05, 4.69) is 27.7 Å². The number of hydrogen-bond acceptors (Lipinski definition) is 3. The normalized spacial score (nSPS) is 57.4. The van der Waals surface area contributed by atoms with Gasteiger partial charge in [0.05, 0.1) is 11.4 Å². The van der Waals surface area contributed by atoms with Crippen LogP contribution in [0.25, 0.3) is 0 Å². The minimum atomic E-state index is -3.29. The van der Waals surface area contributed by atoms with Crippen LogP contribution in [0.5, 0.6) is 0 Å². The highest BCUT2D eigenvalue weighted by molar-refractivity contribution is 7.87. The first-order chi connectivity index (χ1) is 7.21. The molecule has 3 fully saturated rings. The van der Waals surface area contributed by atoms with Crippen molar-refractivity contribution in [1.29, 1.82) is 0 Å². The van der Waals surface area contributed by atoms with Gasteiger partial charge in [-0.25, -0.2) is 0 Å². The van der Waals surface area contributed by atoms with E-state index >= 15 is 0 Å². The molecule has 0 radical (unpaired) electrons. The van der Waals surface area contributed by atoms with Crippen molar-refractivity contribution in [1.82, 2.24) is 0 Å². The molecule has 1 aliphatic heterocycles. The van der Waals surface area contributed by atoms with Crippen LogP contribution in [-0.4, -0.2) is 19.8 Å². The van der Waals surface area contributed by atoms with E-state index in [4.69, 9.17) is 4.18 Å². The molecule has 3 rings (SSSR count). The van der Waals surface area contributed by atoms with Gasteiger partial charge in [-0.1, -0.05) is 27.7 Å². The van der Waals surface area contributed by atoms with Crippen molar-refractivity contribution in [3.05, 3.63) is 0 Å². The summed E-state index contributed by atoms with van der Waals surface area (Å²) in [5.74, 6) is 0.886. The molecule has 0 spiro atoms. The van der Waals surface area contributed by atoms with Gasteiger partial charge in [-0.05, 0) is 30.1 Å². The van der Waals surface area contributed by atoms with Crippen LogP contribution in [0.15, 0.2) is 0 Å². The van der Waals surface area contributed by atoms with Crippen molar-refractivity contribution in [2.24, 2.45) is 22.7 Å². The third-order valence-electron chi connectivity index (χ3n) is 5.26. The van der Waals surface area contributed by atoms with Crippen LogP contribution < -0.4 is 0 Å². The van der Waals surface area contributed by atoms with E-state index in [0.29, 0.717) is 11.8 Å². The van der Waals surface area contributed by atoms with E-state index in [9.17, 15) is 8.42 Å². The molecule has 0 aromatic carbocycles. The fourth-order valence-electron chi connectivity index (χ4n) is 4.99. The Morgan fingerprint density at radius 3 is 2.50 bits per heavy atom. The molecule has 16 heavy (non-hydrogen) atoms. The lowest BCUT2D eigenvalue weighted by Gasteiger charge is -2.37. The van der Waals surface area contributed by atoms with Crippen LogP contribution in [0.1, 0.15) is 40.5 Å². The van der Waals surface area contributed by atoms with Crippen LogP contribution in [0.3, 0.4) is 0 Å². The Labute approximate surface area is 97.7 Å². The highest BCUT2D eigenvalue weighted by atomic mass is 32.2. The summed E-state index contributed by atoms with van der Waals surface area (Å²) in [5, 5.41) is -0.245. The zero-order valence-electron chi connectivity index (χ0n) is 10.4. The Kier molecular flexibility index (Phi) is 1.84. The Balaban J connectivity index is 2.15. The summed E-state index contributed by atoms with van der Waals surface area (Å²) >= 11 is 0. The molecule has 2 aliphatic carbocycles. The summed E-state index contributed by atoms with van der Waals surface area (Å²) in [6, 6.07) is 0. The van der Waals surface area contributed by atoms with Gasteiger partial charge in [0.1, 0.15) is 0 Å².